The van der Waals surface area contributed by atoms with E-state index in [9.17, 15) is 4.79 Å². The fourth-order valence-electron chi connectivity index (χ4n) is 1.98. The molecule has 0 aliphatic rings. The van der Waals surface area contributed by atoms with Crippen molar-refractivity contribution >= 4 is 28.9 Å². The number of carbonyl (C=O) groups is 1. The van der Waals surface area contributed by atoms with Crippen LogP contribution in [0.2, 0.25) is 0 Å². The van der Waals surface area contributed by atoms with Crippen molar-refractivity contribution in [3.05, 3.63) is 59.7 Å². The SMILES string of the molecule is Cc1ccc(NC(=S)NC(=O)c2ccccc2OC(C)C)cc1. The Morgan fingerprint density at radius 1 is 1.09 bits per heavy atom. The molecule has 120 valence electrons. The number of amides is 1. The van der Waals surface area contributed by atoms with Crippen LogP contribution in [0.15, 0.2) is 48.5 Å². The molecule has 0 bridgehead atoms. The summed E-state index contributed by atoms with van der Waals surface area (Å²) in [4.78, 5) is 12.4. The van der Waals surface area contributed by atoms with Gasteiger partial charge < -0.3 is 10.1 Å². The Morgan fingerprint density at radius 2 is 1.74 bits per heavy atom. The molecule has 5 heteroatoms. The number of aryl methyl sites for hydroxylation is 1. The molecule has 0 spiro atoms. The van der Waals surface area contributed by atoms with Gasteiger partial charge in [0.05, 0.1) is 11.7 Å². The molecule has 0 unspecified atom stereocenters. The van der Waals surface area contributed by atoms with Gasteiger partial charge in [-0.3, -0.25) is 10.1 Å². The summed E-state index contributed by atoms with van der Waals surface area (Å²) in [6, 6.07) is 14.9. The number of nitrogens with one attached hydrogen (secondary N) is 2. The predicted molar refractivity (Wildman–Crippen MR) is 97.1 cm³/mol. The number of carbonyl (C=O) groups excluding carboxylic acids is 1. The smallest absolute Gasteiger partial charge is 0.261 e. The molecule has 1 amide bonds. The summed E-state index contributed by atoms with van der Waals surface area (Å²) in [5, 5.41) is 5.91. The summed E-state index contributed by atoms with van der Waals surface area (Å²) in [7, 11) is 0. The third kappa shape index (κ3) is 5.07. The Kier molecular flexibility index (Phi) is 5.71. The van der Waals surface area contributed by atoms with Gasteiger partial charge in [-0.2, -0.15) is 0 Å². The molecule has 4 nitrogen and oxygen atoms in total. The first-order valence-corrected chi connectivity index (χ1v) is 7.81. The molecule has 0 saturated heterocycles. The fourth-order valence-corrected chi connectivity index (χ4v) is 2.19. The van der Waals surface area contributed by atoms with Gasteiger partial charge in [0.1, 0.15) is 5.75 Å². The van der Waals surface area contributed by atoms with E-state index in [2.05, 4.69) is 10.6 Å². The van der Waals surface area contributed by atoms with E-state index in [0.717, 1.165) is 11.3 Å². The molecule has 0 aliphatic carbocycles. The fraction of sp³-hybridized carbons (Fsp3) is 0.222. The van der Waals surface area contributed by atoms with Crippen LogP contribution in [0.5, 0.6) is 5.75 Å². The van der Waals surface area contributed by atoms with Crippen molar-refractivity contribution in [1.29, 1.82) is 0 Å². The summed E-state index contributed by atoms with van der Waals surface area (Å²) in [5.74, 6) is 0.240. The van der Waals surface area contributed by atoms with Gasteiger partial charge in [0.2, 0.25) is 0 Å². The second-order valence-electron chi connectivity index (χ2n) is 5.44. The summed E-state index contributed by atoms with van der Waals surface area (Å²) < 4.78 is 5.65. The summed E-state index contributed by atoms with van der Waals surface area (Å²) >= 11 is 5.19. The van der Waals surface area contributed by atoms with Gasteiger partial charge in [-0.1, -0.05) is 29.8 Å². The summed E-state index contributed by atoms with van der Waals surface area (Å²) in [6.45, 7) is 5.84. The highest BCUT2D eigenvalue weighted by molar-refractivity contribution is 7.80. The Labute approximate surface area is 141 Å². The molecule has 23 heavy (non-hydrogen) atoms. The first kappa shape index (κ1) is 17.0. The number of benzene rings is 2. The van der Waals surface area contributed by atoms with Gasteiger partial charge in [0.25, 0.3) is 5.91 Å². The first-order chi connectivity index (χ1) is 11.0. The van der Waals surface area contributed by atoms with E-state index in [1.54, 1.807) is 18.2 Å². The molecule has 0 aliphatic heterocycles. The summed E-state index contributed by atoms with van der Waals surface area (Å²) in [5.41, 5.74) is 2.44. The Bertz CT molecular complexity index is 696. The monoisotopic (exact) mass is 328 g/mol. The van der Waals surface area contributed by atoms with Gasteiger partial charge in [0.15, 0.2) is 5.11 Å². The lowest BCUT2D eigenvalue weighted by Crippen LogP contribution is -2.34. The minimum atomic E-state index is -0.300. The molecule has 2 aromatic carbocycles. The van der Waals surface area contributed by atoms with E-state index in [4.69, 9.17) is 17.0 Å². The van der Waals surface area contributed by atoms with E-state index < -0.39 is 0 Å². The van der Waals surface area contributed by atoms with Crippen LogP contribution in [0, 0.1) is 6.92 Å². The van der Waals surface area contributed by atoms with Crippen molar-refractivity contribution < 1.29 is 9.53 Å². The molecule has 0 fully saturated rings. The van der Waals surface area contributed by atoms with Crippen LogP contribution in [-0.4, -0.2) is 17.1 Å². The van der Waals surface area contributed by atoms with Gasteiger partial charge >= 0.3 is 0 Å². The van der Waals surface area contributed by atoms with Crippen molar-refractivity contribution in [2.75, 3.05) is 5.32 Å². The maximum atomic E-state index is 12.4. The van der Waals surface area contributed by atoms with E-state index in [0.29, 0.717) is 11.3 Å². The predicted octanol–water partition coefficient (Wildman–Crippen LogP) is 3.91. The van der Waals surface area contributed by atoms with Crippen LogP contribution in [0.1, 0.15) is 29.8 Å². The van der Waals surface area contributed by atoms with E-state index in [-0.39, 0.29) is 17.1 Å². The Hall–Kier alpha value is -2.40. The number of thiocarbonyl (C=S) groups is 1. The van der Waals surface area contributed by atoms with Gasteiger partial charge in [-0.25, -0.2) is 0 Å². The number of anilines is 1. The highest BCUT2D eigenvalue weighted by Gasteiger charge is 2.14. The normalized spacial score (nSPS) is 10.3. The topological polar surface area (TPSA) is 50.4 Å². The summed E-state index contributed by atoms with van der Waals surface area (Å²) in [6.07, 6.45) is -0.0124. The minimum absolute atomic E-state index is 0.0124. The average molecular weight is 328 g/mol. The largest absolute Gasteiger partial charge is 0.490 e. The molecule has 0 radical (unpaired) electrons. The van der Waals surface area contributed by atoms with Gasteiger partial charge in [-0.15, -0.1) is 0 Å². The van der Waals surface area contributed by atoms with Crippen LogP contribution in [0.4, 0.5) is 5.69 Å². The molecule has 2 rings (SSSR count). The Morgan fingerprint density at radius 3 is 2.39 bits per heavy atom. The molecule has 2 N–H and O–H groups in total. The van der Waals surface area contributed by atoms with Crippen molar-refractivity contribution in [2.45, 2.75) is 26.9 Å². The number of hydrogen-bond donors (Lipinski definition) is 2. The molecule has 0 heterocycles. The maximum Gasteiger partial charge on any atom is 0.261 e. The van der Waals surface area contributed by atoms with Gasteiger partial charge in [-0.05, 0) is 57.3 Å². The zero-order valence-corrected chi connectivity index (χ0v) is 14.2. The minimum Gasteiger partial charge on any atom is -0.490 e. The zero-order chi connectivity index (χ0) is 16.8. The molecule has 0 aromatic heterocycles. The second kappa shape index (κ2) is 7.74. The van der Waals surface area contributed by atoms with Crippen molar-refractivity contribution in [3.63, 3.8) is 0 Å². The van der Waals surface area contributed by atoms with E-state index in [1.165, 1.54) is 0 Å². The maximum absolute atomic E-state index is 12.4. The lowest BCUT2D eigenvalue weighted by molar-refractivity contribution is 0.0972. The van der Waals surface area contributed by atoms with Crippen molar-refractivity contribution in [1.82, 2.24) is 5.32 Å². The quantitative estimate of drug-likeness (QED) is 0.836. The number of ether oxygens (including phenoxy) is 1. The first-order valence-electron chi connectivity index (χ1n) is 7.40. The second-order valence-corrected chi connectivity index (χ2v) is 5.85. The molecular weight excluding hydrogens is 308 g/mol. The number of hydrogen-bond acceptors (Lipinski definition) is 3. The number of rotatable bonds is 4. The average Bonchev–Trinajstić information content (AvgIpc) is 2.49. The van der Waals surface area contributed by atoms with Crippen LogP contribution >= 0.6 is 12.2 Å². The van der Waals surface area contributed by atoms with Crippen LogP contribution in [-0.2, 0) is 0 Å². The molecule has 0 saturated carbocycles. The lowest BCUT2D eigenvalue weighted by atomic mass is 10.2. The van der Waals surface area contributed by atoms with Crippen molar-refractivity contribution in [2.24, 2.45) is 0 Å². The molecular formula is C18H20N2O2S. The van der Waals surface area contributed by atoms with E-state index >= 15 is 0 Å². The third-order valence-corrected chi connectivity index (χ3v) is 3.23. The van der Waals surface area contributed by atoms with Crippen LogP contribution < -0.4 is 15.4 Å². The lowest BCUT2D eigenvalue weighted by Gasteiger charge is -2.14. The van der Waals surface area contributed by atoms with Crippen LogP contribution in [0.25, 0.3) is 0 Å². The molecule has 0 atom stereocenters. The van der Waals surface area contributed by atoms with Crippen molar-refractivity contribution in [3.8, 4) is 5.75 Å². The van der Waals surface area contributed by atoms with Gasteiger partial charge in [0, 0.05) is 5.69 Å². The van der Waals surface area contributed by atoms with E-state index in [1.807, 2.05) is 51.1 Å². The highest BCUT2D eigenvalue weighted by atomic mass is 32.1. The Balaban J connectivity index is 2.04. The number of para-hydroxylation sites is 1. The highest BCUT2D eigenvalue weighted by Crippen LogP contribution is 2.19. The third-order valence-electron chi connectivity index (χ3n) is 3.03. The van der Waals surface area contributed by atoms with Crippen LogP contribution in [0.3, 0.4) is 0 Å². The molecule has 2 aromatic rings. The zero-order valence-electron chi connectivity index (χ0n) is 13.4. The standard InChI is InChI=1S/C18H20N2O2S/c1-12(2)22-16-7-5-4-6-15(16)17(21)20-18(23)19-14-10-8-13(3)9-11-14/h4-12H,1-3H3,(H2,19,20,21,23).